The van der Waals surface area contributed by atoms with E-state index in [1.807, 2.05) is 7.11 Å². The Morgan fingerprint density at radius 3 is 1.64 bits per heavy atom. The van der Waals surface area contributed by atoms with Gasteiger partial charge in [0, 0.05) is 7.11 Å². The second-order valence-electron chi connectivity index (χ2n) is 3.23. The first-order chi connectivity index (χ1) is 5.17. The van der Waals surface area contributed by atoms with Gasteiger partial charge < -0.3 is 4.43 Å². The molecule has 11 heavy (non-hydrogen) atoms. The Balaban J connectivity index is 3.92. The van der Waals surface area contributed by atoms with Gasteiger partial charge in [-0.2, -0.15) is 0 Å². The fraction of sp³-hybridized carbons (Fsp3) is 1.00. The molecule has 0 saturated carbocycles. The van der Waals surface area contributed by atoms with Crippen molar-refractivity contribution in [3.63, 3.8) is 0 Å². The van der Waals surface area contributed by atoms with Crippen LogP contribution in [-0.4, -0.2) is 16.2 Å². The Hall–Kier alpha value is 0.177. The summed E-state index contributed by atoms with van der Waals surface area (Å²) in [6.45, 7) is 9.11. The van der Waals surface area contributed by atoms with Crippen LogP contribution < -0.4 is 0 Å². The number of rotatable bonds is 5. The molecular weight excluding hydrogens is 152 g/mol. The van der Waals surface area contributed by atoms with Crippen molar-refractivity contribution in [2.24, 2.45) is 0 Å². The van der Waals surface area contributed by atoms with Crippen LogP contribution in [0.15, 0.2) is 0 Å². The fourth-order valence-electron chi connectivity index (χ4n) is 1.29. The average molecular weight is 173 g/mol. The maximum Gasteiger partial charge on any atom is 0.216 e. The van der Waals surface area contributed by atoms with Gasteiger partial charge >= 0.3 is 0 Å². The summed E-state index contributed by atoms with van der Waals surface area (Å²) in [6, 6.07) is 0. The predicted molar refractivity (Wildman–Crippen MR) is 52.2 cm³/mol. The Kier molecular flexibility index (Phi) is 5.87. The minimum Gasteiger partial charge on any atom is -0.419 e. The molecule has 0 aromatic rings. The first-order valence-electron chi connectivity index (χ1n) is 4.58. The molecule has 0 aromatic heterocycles. The maximum absolute atomic E-state index is 5.56. The van der Waals surface area contributed by atoms with Crippen molar-refractivity contribution >= 4 is 9.04 Å². The van der Waals surface area contributed by atoms with Crippen LogP contribution in [0.1, 0.15) is 40.5 Å². The van der Waals surface area contributed by atoms with Gasteiger partial charge in [0.2, 0.25) is 9.04 Å². The van der Waals surface area contributed by atoms with E-state index in [1.54, 1.807) is 0 Å². The average Bonchev–Trinajstić information content (AvgIpc) is 2.05. The fourth-order valence-corrected chi connectivity index (χ4v) is 3.87. The molecule has 2 atom stereocenters. The van der Waals surface area contributed by atoms with Crippen molar-refractivity contribution < 1.29 is 4.43 Å². The van der Waals surface area contributed by atoms with Crippen LogP contribution in [0, 0.1) is 0 Å². The van der Waals surface area contributed by atoms with E-state index in [0.29, 0.717) is 0 Å². The smallest absolute Gasteiger partial charge is 0.216 e. The molecule has 0 fully saturated rings. The Morgan fingerprint density at radius 1 is 1.09 bits per heavy atom. The van der Waals surface area contributed by atoms with E-state index in [2.05, 4.69) is 27.7 Å². The van der Waals surface area contributed by atoms with Gasteiger partial charge in [0.1, 0.15) is 0 Å². The van der Waals surface area contributed by atoms with E-state index in [0.717, 1.165) is 11.1 Å². The molecule has 0 N–H and O–H groups in total. The molecule has 0 bridgehead atoms. The van der Waals surface area contributed by atoms with Crippen molar-refractivity contribution in [1.82, 2.24) is 0 Å². The molecule has 2 unspecified atom stereocenters. The van der Waals surface area contributed by atoms with Crippen LogP contribution in [0.4, 0.5) is 0 Å². The Labute approximate surface area is 72.9 Å². The van der Waals surface area contributed by atoms with Gasteiger partial charge in [-0.1, -0.05) is 40.5 Å². The molecule has 0 spiro atoms. The standard InChI is InChI=1S/C9H21OSi/c1-6-8(3)11(10-5)9(4)7-2/h8-9H,6-7H2,1-5H3. The van der Waals surface area contributed by atoms with Crippen molar-refractivity contribution in [2.75, 3.05) is 7.11 Å². The monoisotopic (exact) mass is 173 g/mol. The number of hydrogen-bond donors (Lipinski definition) is 0. The molecule has 0 aliphatic rings. The van der Waals surface area contributed by atoms with Crippen LogP contribution in [0.25, 0.3) is 0 Å². The molecule has 67 valence electrons. The lowest BCUT2D eigenvalue weighted by Crippen LogP contribution is -2.26. The molecule has 0 amide bonds. The van der Waals surface area contributed by atoms with Crippen LogP contribution in [0.5, 0.6) is 0 Å². The molecule has 0 heterocycles. The van der Waals surface area contributed by atoms with E-state index in [9.17, 15) is 0 Å². The van der Waals surface area contributed by atoms with Crippen molar-refractivity contribution in [2.45, 2.75) is 51.6 Å². The van der Waals surface area contributed by atoms with Crippen LogP contribution in [0.2, 0.25) is 11.1 Å². The maximum atomic E-state index is 5.56. The van der Waals surface area contributed by atoms with E-state index >= 15 is 0 Å². The Bertz CT molecular complexity index is 85.6. The lowest BCUT2D eigenvalue weighted by atomic mass is 10.4. The van der Waals surface area contributed by atoms with Crippen molar-refractivity contribution in [3.05, 3.63) is 0 Å². The summed E-state index contributed by atoms with van der Waals surface area (Å²) in [5, 5.41) is 0. The molecule has 0 aromatic carbocycles. The molecule has 1 nitrogen and oxygen atoms in total. The second-order valence-corrected chi connectivity index (χ2v) is 6.41. The largest absolute Gasteiger partial charge is 0.419 e. The summed E-state index contributed by atoms with van der Waals surface area (Å²) in [6.07, 6.45) is 2.51. The van der Waals surface area contributed by atoms with Gasteiger partial charge in [-0.3, -0.25) is 0 Å². The van der Waals surface area contributed by atoms with Crippen LogP contribution in [-0.2, 0) is 4.43 Å². The number of hydrogen-bond acceptors (Lipinski definition) is 1. The predicted octanol–water partition coefficient (Wildman–Crippen LogP) is 3.22. The van der Waals surface area contributed by atoms with E-state index < -0.39 is 9.04 Å². The quantitative estimate of drug-likeness (QED) is 0.580. The minimum atomic E-state index is -0.541. The molecule has 0 saturated heterocycles. The molecule has 0 aliphatic carbocycles. The van der Waals surface area contributed by atoms with E-state index in [1.165, 1.54) is 12.8 Å². The highest BCUT2D eigenvalue weighted by Crippen LogP contribution is 2.26. The first kappa shape index (κ1) is 11.2. The Morgan fingerprint density at radius 2 is 1.45 bits per heavy atom. The molecule has 1 radical (unpaired) electrons. The SMILES string of the molecule is CCC(C)[Si](OC)C(C)CC. The highest BCUT2D eigenvalue weighted by atomic mass is 28.3. The first-order valence-corrected chi connectivity index (χ1v) is 6.14. The van der Waals surface area contributed by atoms with Gasteiger partial charge in [-0.15, -0.1) is 0 Å². The van der Waals surface area contributed by atoms with Gasteiger partial charge in [-0.25, -0.2) is 0 Å². The zero-order valence-corrected chi connectivity index (χ0v) is 9.48. The lowest BCUT2D eigenvalue weighted by molar-refractivity contribution is 0.393. The highest BCUT2D eigenvalue weighted by Gasteiger charge is 2.24. The summed E-state index contributed by atoms with van der Waals surface area (Å²) in [5.41, 5.74) is 1.58. The molecule has 0 aliphatic heterocycles. The summed E-state index contributed by atoms with van der Waals surface area (Å²) < 4.78 is 5.56. The van der Waals surface area contributed by atoms with Crippen LogP contribution in [0.3, 0.4) is 0 Å². The third-order valence-corrected chi connectivity index (χ3v) is 5.66. The van der Waals surface area contributed by atoms with Gasteiger partial charge in [0.25, 0.3) is 0 Å². The highest BCUT2D eigenvalue weighted by molar-refractivity contribution is 6.55. The minimum absolute atomic E-state index is 0.541. The van der Waals surface area contributed by atoms with E-state index in [4.69, 9.17) is 4.43 Å². The zero-order valence-electron chi connectivity index (χ0n) is 8.48. The molecular formula is C9H21OSi. The van der Waals surface area contributed by atoms with Gasteiger partial charge in [0.15, 0.2) is 0 Å². The third-order valence-electron chi connectivity index (χ3n) is 2.43. The van der Waals surface area contributed by atoms with Crippen molar-refractivity contribution in [3.8, 4) is 0 Å². The van der Waals surface area contributed by atoms with E-state index in [-0.39, 0.29) is 0 Å². The topological polar surface area (TPSA) is 9.23 Å². The normalized spacial score (nSPS) is 16.9. The summed E-state index contributed by atoms with van der Waals surface area (Å²) in [4.78, 5) is 0. The molecule has 0 rings (SSSR count). The second kappa shape index (κ2) is 5.78. The van der Waals surface area contributed by atoms with Gasteiger partial charge in [-0.05, 0) is 11.1 Å². The summed E-state index contributed by atoms with van der Waals surface area (Å²) in [5.74, 6) is 0. The van der Waals surface area contributed by atoms with Crippen LogP contribution >= 0.6 is 0 Å². The summed E-state index contributed by atoms with van der Waals surface area (Å²) in [7, 11) is 1.33. The molecule has 2 heteroatoms. The lowest BCUT2D eigenvalue weighted by Gasteiger charge is -2.23. The van der Waals surface area contributed by atoms with Crippen molar-refractivity contribution in [1.29, 1.82) is 0 Å². The third kappa shape index (κ3) is 3.39. The van der Waals surface area contributed by atoms with Gasteiger partial charge in [0.05, 0.1) is 0 Å². The summed E-state index contributed by atoms with van der Waals surface area (Å²) >= 11 is 0. The zero-order chi connectivity index (χ0) is 8.85.